The van der Waals surface area contributed by atoms with Crippen LogP contribution >= 0.6 is 0 Å². The van der Waals surface area contributed by atoms with Gasteiger partial charge in [0, 0.05) is 44.3 Å². The van der Waals surface area contributed by atoms with E-state index >= 15 is 0 Å². The van der Waals surface area contributed by atoms with E-state index in [4.69, 9.17) is 10.1 Å². The summed E-state index contributed by atoms with van der Waals surface area (Å²) >= 11 is 0. The molecule has 6 nitrogen and oxygen atoms in total. The maximum atomic E-state index is 13.8. The molecule has 1 aliphatic heterocycles. The van der Waals surface area contributed by atoms with Crippen molar-refractivity contribution in [3.8, 4) is 0 Å². The van der Waals surface area contributed by atoms with Crippen LogP contribution in [0.4, 0.5) is 0 Å². The van der Waals surface area contributed by atoms with Crippen molar-refractivity contribution < 1.29 is 4.79 Å². The van der Waals surface area contributed by atoms with Crippen LogP contribution in [-0.4, -0.2) is 63.2 Å². The molecule has 0 N–H and O–H groups in total. The van der Waals surface area contributed by atoms with Gasteiger partial charge >= 0.3 is 0 Å². The molecule has 0 spiro atoms. The molecule has 1 saturated heterocycles. The predicted molar refractivity (Wildman–Crippen MR) is 137 cm³/mol. The van der Waals surface area contributed by atoms with Gasteiger partial charge in [-0.3, -0.25) is 9.69 Å². The van der Waals surface area contributed by atoms with Crippen molar-refractivity contribution in [3.63, 3.8) is 0 Å². The van der Waals surface area contributed by atoms with E-state index in [1.54, 1.807) is 0 Å². The van der Waals surface area contributed by atoms with Gasteiger partial charge in [0.15, 0.2) is 5.65 Å². The molecule has 34 heavy (non-hydrogen) atoms. The van der Waals surface area contributed by atoms with Crippen molar-refractivity contribution in [1.29, 1.82) is 0 Å². The second-order valence-electron chi connectivity index (χ2n) is 10.6. The number of carbonyl (C=O) groups is 1. The lowest BCUT2D eigenvalue weighted by molar-refractivity contribution is 0.0652. The Morgan fingerprint density at radius 1 is 1.09 bits per heavy atom. The molecule has 2 fully saturated rings. The summed E-state index contributed by atoms with van der Waals surface area (Å²) in [7, 11) is 0. The summed E-state index contributed by atoms with van der Waals surface area (Å²) in [6.07, 6.45) is 6.69. The molecule has 3 heterocycles. The summed E-state index contributed by atoms with van der Waals surface area (Å²) in [5.41, 5.74) is 4.58. The topological polar surface area (TPSA) is 54.3 Å². The Kier molecular flexibility index (Phi) is 6.02. The van der Waals surface area contributed by atoms with Crippen LogP contribution in [0, 0.1) is 6.92 Å². The first-order chi connectivity index (χ1) is 16.3. The Bertz CT molecular complexity index is 1210. The van der Waals surface area contributed by atoms with E-state index in [1.165, 1.54) is 5.56 Å². The zero-order valence-corrected chi connectivity index (χ0v) is 20.8. The van der Waals surface area contributed by atoms with Gasteiger partial charge in [-0.25, -0.2) is 9.67 Å². The lowest BCUT2D eigenvalue weighted by Crippen LogP contribution is -2.48. The average Bonchev–Trinajstić information content (AvgIpc) is 3.62. The third-order valence-electron chi connectivity index (χ3n) is 6.83. The highest BCUT2D eigenvalue weighted by atomic mass is 16.2. The van der Waals surface area contributed by atoms with E-state index in [2.05, 4.69) is 68.2 Å². The number of carbonyl (C=O) groups excluding carboxylic acids is 1. The molecule has 0 unspecified atom stereocenters. The molecule has 0 bridgehead atoms. The van der Waals surface area contributed by atoms with Crippen LogP contribution in [0.5, 0.6) is 0 Å². The zero-order chi connectivity index (χ0) is 23.9. The van der Waals surface area contributed by atoms with Crippen LogP contribution < -0.4 is 0 Å². The fourth-order valence-electron chi connectivity index (χ4n) is 4.74. The van der Waals surface area contributed by atoms with E-state index in [0.717, 1.165) is 73.6 Å². The van der Waals surface area contributed by atoms with Crippen LogP contribution in [0.3, 0.4) is 0 Å². The van der Waals surface area contributed by atoms with Crippen molar-refractivity contribution in [2.75, 3.05) is 32.7 Å². The highest BCUT2D eigenvalue weighted by molar-refractivity contribution is 6.06. The van der Waals surface area contributed by atoms with Gasteiger partial charge in [-0.2, -0.15) is 5.10 Å². The summed E-state index contributed by atoms with van der Waals surface area (Å²) in [5, 5.41) is 5.72. The molecular weight excluding hydrogens is 422 g/mol. The second-order valence-corrected chi connectivity index (χ2v) is 10.6. The van der Waals surface area contributed by atoms with Crippen LogP contribution in [0.15, 0.2) is 42.5 Å². The van der Waals surface area contributed by atoms with E-state index in [9.17, 15) is 4.79 Å². The monoisotopic (exact) mass is 457 g/mol. The van der Waals surface area contributed by atoms with Crippen LogP contribution in [0.1, 0.15) is 66.8 Å². The first kappa shape index (κ1) is 22.8. The minimum atomic E-state index is -0.194. The van der Waals surface area contributed by atoms with Gasteiger partial charge < -0.3 is 4.90 Å². The SMILES string of the molecule is Cc1nn(C(C)(C)C)c2nc(C3CC3)cc(C(=O)N3CCN(C/C=C/c4ccccc4)CC3)c12. The summed E-state index contributed by atoms with van der Waals surface area (Å²) in [6.45, 7) is 12.6. The highest BCUT2D eigenvalue weighted by Crippen LogP contribution is 2.41. The zero-order valence-electron chi connectivity index (χ0n) is 20.8. The Morgan fingerprint density at radius 2 is 1.79 bits per heavy atom. The van der Waals surface area contributed by atoms with Crippen molar-refractivity contribution in [3.05, 3.63) is 65.0 Å². The van der Waals surface area contributed by atoms with Gasteiger partial charge in [-0.05, 0) is 52.2 Å². The summed E-state index contributed by atoms with van der Waals surface area (Å²) in [4.78, 5) is 23.2. The van der Waals surface area contributed by atoms with E-state index in [0.29, 0.717) is 5.92 Å². The third-order valence-corrected chi connectivity index (χ3v) is 6.83. The number of hydrogen-bond donors (Lipinski definition) is 0. The smallest absolute Gasteiger partial charge is 0.254 e. The number of pyridine rings is 1. The molecule has 1 aromatic carbocycles. The van der Waals surface area contributed by atoms with E-state index < -0.39 is 0 Å². The molecule has 2 aromatic heterocycles. The number of aryl methyl sites for hydroxylation is 1. The van der Waals surface area contributed by atoms with Crippen molar-refractivity contribution in [2.24, 2.45) is 0 Å². The maximum absolute atomic E-state index is 13.8. The standard InChI is InChI=1S/C28H35N5O/c1-20-25-23(19-24(22-12-13-22)29-26(25)33(30-20)28(2,3)4)27(34)32-17-15-31(16-18-32)14-8-11-21-9-6-5-7-10-21/h5-11,19,22H,12-18H2,1-4H3/b11-8+. The Balaban J connectivity index is 1.34. The largest absolute Gasteiger partial charge is 0.336 e. The first-order valence-corrected chi connectivity index (χ1v) is 12.5. The van der Waals surface area contributed by atoms with Crippen molar-refractivity contribution in [1.82, 2.24) is 24.6 Å². The fraction of sp³-hybridized carbons (Fsp3) is 0.464. The number of nitrogens with zero attached hydrogens (tertiary/aromatic N) is 5. The van der Waals surface area contributed by atoms with Crippen LogP contribution in [-0.2, 0) is 5.54 Å². The number of benzene rings is 1. The van der Waals surface area contributed by atoms with Gasteiger partial charge in [0.05, 0.1) is 22.2 Å². The number of fused-ring (bicyclic) bond motifs is 1. The molecule has 3 aromatic rings. The van der Waals surface area contributed by atoms with Crippen LogP contribution in [0.25, 0.3) is 17.1 Å². The van der Waals surface area contributed by atoms with Gasteiger partial charge in [0.25, 0.3) is 5.91 Å². The van der Waals surface area contributed by atoms with E-state index in [1.807, 2.05) is 22.6 Å². The molecule has 1 aliphatic carbocycles. The lowest BCUT2D eigenvalue weighted by Gasteiger charge is -2.34. The average molecular weight is 458 g/mol. The maximum Gasteiger partial charge on any atom is 0.254 e. The van der Waals surface area contributed by atoms with E-state index in [-0.39, 0.29) is 11.4 Å². The minimum Gasteiger partial charge on any atom is -0.336 e. The molecular formula is C28H35N5O. The molecule has 1 amide bonds. The summed E-state index contributed by atoms with van der Waals surface area (Å²) < 4.78 is 2.00. The molecule has 1 saturated carbocycles. The molecule has 178 valence electrons. The summed E-state index contributed by atoms with van der Waals surface area (Å²) in [5.74, 6) is 0.596. The van der Waals surface area contributed by atoms with Gasteiger partial charge in [-0.1, -0.05) is 42.5 Å². The number of amides is 1. The lowest BCUT2D eigenvalue weighted by atomic mass is 10.1. The van der Waals surface area contributed by atoms with Crippen molar-refractivity contribution >= 4 is 23.0 Å². The molecule has 0 radical (unpaired) electrons. The van der Waals surface area contributed by atoms with Gasteiger partial charge in [0.1, 0.15) is 0 Å². The number of hydrogen-bond acceptors (Lipinski definition) is 4. The molecule has 5 rings (SSSR count). The van der Waals surface area contributed by atoms with Crippen LogP contribution in [0.2, 0.25) is 0 Å². The second kappa shape index (κ2) is 8.99. The number of piperazine rings is 1. The number of rotatable bonds is 5. The first-order valence-electron chi connectivity index (χ1n) is 12.5. The quantitative estimate of drug-likeness (QED) is 0.550. The molecule has 2 aliphatic rings. The predicted octanol–water partition coefficient (Wildman–Crippen LogP) is 4.84. The molecule has 6 heteroatoms. The summed E-state index contributed by atoms with van der Waals surface area (Å²) in [6, 6.07) is 12.4. The minimum absolute atomic E-state index is 0.116. The normalized spacial score (nSPS) is 17.7. The van der Waals surface area contributed by atoms with Crippen molar-refractivity contribution in [2.45, 2.75) is 52.0 Å². The Labute approximate surface area is 202 Å². The van der Waals surface area contributed by atoms with Gasteiger partial charge in [-0.15, -0.1) is 0 Å². The van der Waals surface area contributed by atoms with Gasteiger partial charge in [0.2, 0.25) is 0 Å². The Morgan fingerprint density at radius 3 is 2.44 bits per heavy atom. The highest BCUT2D eigenvalue weighted by Gasteiger charge is 2.32. The fourth-order valence-corrected chi connectivity index (χ4v) is 4.74. The third kappa shape index (κ3) is 4.64. The number of aromatic nitrogens is 3. The Hall–Kier alpha value is -2.99. The molecule has 0 atom stereocenters.